The summed E-state index contributed by atoms with van der Waals surface area (Å²) < 4.78 is 24.4. The lowest BCUT2D eigenvalue weighted by Gasteiger charge is -2.19. The van der Waals surface area contributed by atoms with Crippen LogP contribution in [0.25, 0.3) is 11.1 Å². The first-order valence-corrected chi connectivity index (χ1v) is 5.94. The smallest absolute Gasteiger partial charge is 0.161 e. The van der Waals surface area contributed by atoms with Crippen LogP contribution in [0.3, 0.4) is 0 Å². The molecule has 3 heteroatoms. The number of rotatable bonds is 1. The van der Waals surface area contributed by atoms with Gasteiger partial charge in [-0.1, -0.05) is 18.1 Å². The molecule has 2 aromatic carbocycles. The molecule has 0 unspecified atom stereocenters. The van der Waals surface area contributed by atoms with Gasteiger partial charge >= 0.3 is 0 Å². The number of fused-ring (bicyclic) bond motifs is 1. The molecule has 0 fully saturated rings. The minimum atomic E-state index is -0.385. The van der Waals surface area contributed by atoms with Crippen molar-refractivity contribution < 1.29 is 13.9 Å². The van der Waals surface area contributed by atoms with Gasteiger partial charge in [-0.25, -0.2) is 4.39 Å². The monoisotopic (exact) mass is 254 g/mol. The van der Waals surface area contributed by atoms with Crippen LogP contribution in [0, 0.1) is 18.2 Å². The van der Waals surface area contributed by atoms with Crippen molar-refractivity contribution in [2.75, 3.05) is 13.2 Å². The van der Waals surface area contributed by atoms with Gasteiger partial charge in [0, 0.05) is 0 Å². The lowest BCUT2D eigenvalue weighted by Crippen LogP contribution is -2.15. The summed E-state index contributed by atoms with van der Waals surface area (Å²) in [5.74, 6) is 3.39. The van der Waals surface area contributed by atoms with E-state index >= 15 is 0 Å². The van der Waals surface area contributed by atoms with Crippen molar-refractivity contribution in [1.82, 2.24) is 0 Å². The van der Waals surface area contributed by atoms with Gasteiger partial charge in [-0.3, -0.25) is 0 Å². The molecule has 0 aliphatic carbocycles. The third kappa shape index (κ3) is 2.13. The Hall–Kier alpha value is -2.47. The lowest BCUT2D eigenvalue weighted by atomic mass is 10.0. The Labute approximate surface area is 110 Å². The molecule has 94 valence electrons. The topological polar surface area (TPSA) is 18.5 Å². The zero-order chi connectivity index (χ0) is 13.2. The highest BCUT2D eigenvalue weighted by Gasteiger charge is 2.12. The van der Waals surface area contributed by atoms with Gasteiger partial charge in [0.1, 0.15) is 19.0 Å². The van der Waals surface area contributed by atoms with Crippen LogP contribution in [0.2, 0.25) is 0 Å². The third-order valence-electron chi connectivity index (χ3n) is 3.00. The van der Waals surface area contributed by atoms with E-state index in [1.54, 1.807) is 12.1 Å². The quantitative estimate of drug-likeness (QED) is 0.727. The molecule has 0 radical (unpaired) electrons. The number of halogens is 1. The average Bonchev–Trinajstić information content (AvgIpc) is 2.47. The predicted octanol–water partition coefficient (Wildman–Crippen LogP) is 3.25. The van der Waals surface area contributed by atoms with Gasteiger partial charge in [0.2, 0.25) is 0 Å². The molecule has 0 aromatic heterocycles. The van der Waals surface area contributed by atoms with Crippen molar-refractivity contribution in [3.05, 3.63) is 47.8 Å². The summed E-state index contributed by atoms with van der Waals surface area (Å²) in [6.45, 7) is 1.10. The molecule has 0 N–H and O–H groups in total. The second-order valence-electron chi connectivity index (χ2n) is 4.20. The SMILES string of the molecule is C#Cc1cc(-c2ccc3c(c2)OCCO3)ccc1F. The Morgan fingerprint density at radius 1 is 0.947 bits per heavy atom. The fraction of sp³-hybridized carbons (Fsp3) is 0.125. The van der Waals surface area contributed by atoms with Gasteiger partial charge in [0.25, 0.3) is 0 Å². The van der Waals surface area contributed by atoms with Crippen LogP contribution < -0.4 is 9.47 Å². The minimum Gasteiger partial charge on any atom is -0.486 e. The van der Waals surface area contributed by atoms with Crippen LogP contribution >= 0.6 is 0 Å². The van der Waals surface area contributed by atoms with E-state index in [4.69, 9.17) is 15.9 Å². The summed E-state index contributed by atoms with van der Waals surface area (Å²) >= 11 is 0. The third-order valence-corrected chi connectivity index (χ3v) is 3.00. The molecular weight excluding hydrogens is 243 g/mol. The molecule has 0 saturated carbocycles. The van der Waals surface area contributed by atoms with E-state index < -0.39 is 0 Å². The zero-order valence-corrected chi connectivity index (χ0v) is 10.2. The molecule has 1 aliphatic heterocycles. The predicted molar refractivity (Wildman–Crippen MR) is 70.8 cm³/mol. The van der Waals surface area contributed by atoms with Crippen LogP contribution in [0.4, 0.5) is 4.39 Å². The van der Waals surface area contributed by atoms with Crippen LogP contribution in [0.15, 0.2) is 36.4 Å². The van der Waals surface area contributed by atoms with E-state index in [0.717, 1.165) is 16.9 Å². The highest BCUT2D eigenvalue weighted by atomic mass is 19.1. The number of hydrogen-bond acceptors (Lipinski definition) is 2. The molecule has 0 amide bonds. The average molecular weight is 254 g/mol. The van der Waals surface area contributed by atoms with Crippen molar-refractivity contribution in [1.29, 1.82) is 0 Å². The Morgan fingerprint density at radius 3 is 2.42 bits per heavy atom. The van der Waals surface area contributed by atoms with Crippen LogP contribution in [-0.4, -0.2) is 13.2 Å². The Morgan fingerprint density at radius 2 is 1.63 bits per heavy atom. The molecule has 0 bridgehead atoms. The maximum atomic E-state index is 13.4. The molecule has 0 spiro atoms. The number of terminal acetylenes is 1. The van der Waals surface area contributed by atoms with Crippen molar-refractivity contribution in [2.24, 2.45) is 0 Å². The van der Waals surface area contributed by atoms with E-state index in [2.05, 4.69) is 5.92 Å². The first-order chi connectivity index (χ1) is 9.28. The molecule has 1 heterocycles. The fourth-order valence-corrected chi connectivity index (χ4v) is 2.04. The van der Waals surface area contributed by atoms with Crippen LogP contribution in [0.1, 0.15) is 5.56 Å². The maximum Gasteiger partial charge on any atom is 0.161 e. The number of benzene rings is 2. The van der Waals surface area contributed by atoms with Gasteiger partial charge in [0.05, 0.1) is 5.56 Å². The van der Waals surface area contributed by atoms with Crippen LogP contribution in [0.5, 0.6) is 11.5 Å². The van der Waals surface area contributed by atoms with Crippen molar-refractivity contribution in [3.8, 4) is 35.0 Å². The Kier molecular flexibility index (Phi) is 2.85. The van der Waals surface area contributed by atoms with Gasteiger partial charge < -0.3 is 9.47 Å². The van der Waals surface area contributed by atoms with E-state index in [-0.39, 0.29) is 11.4 Å². The van der Waals surface area contributed by atoms with Gasteiger partial charge in [-0.2, -0.15) is 0 Å². The number of ether oxygens (including phenoxy) is 2. The molecule has 1 aliphatic rings. The van der Waals surface area contributed by atoms with Crippen molar-refractivity contribution in [3.63, 3.8) is 0 Å². The second kappa shape index (κ2) is 4.66. The molecule has 2 aromatic rings. The van der Waals surface area contributed by atoms with E-state index in [1.807, 2.05) is 18.2 Å². The van der Waals surface area contributed by atoms with Crippen molar-refractivity contribution in [2.45, 2.75) is 0 Å². The molecule has 0 atom stereocenters. The largest absolute Gasteiger partial charge is 0.486 e. The minimum absolute atomic E-state index is 0.257. The lowest BCUT2D eigenvalue weighted by molar-refractivity contribution is 0.171. The molecule has 3 rings (SSSR count). The number of hydrogen-bond donors (Lipinski definition) is 0. The maximum absolute atomic E-state index is 13.4. The first kappa shape index (κ1) is 11.6. The molecular formula is C16H11FO2. The fourth-order valence-electron chi connectivity index (χ4n) is 2.04. The van der Waals surface area contributed by atoms with Crippen molar-refractivity contribution >= 4 is 0 Å². The summed E-state index contributed by atoms with van der Waals surface area (Å²) in [6, 6.07) is 10.4. The first-order valence-electron chi connectivity index (χ1n) is 5.94. The summed E-state index contributed by atoms with van der Waals surface area (Å²) in [4.78, 5) is 0. The summed E-state index contributed by atoms with van der Waals surface area (Å²) in [5.41, 5.74) is 2.03. The summed E-state index contributed by atoms with van der Waals surface area (Å²) in [5, 5.41) is 0. The van der Waals surface area contributed by atoms with E-state index in [1.165, 1.54) is 6.07 Å². The molecule has 19 heavy (non-hydrogen) atoms. The van der Waals surface area contributed by atoms with Gasteiger partial charge in [-0.05, 0) is 35.4 Å². The van der Waals surface area contributed by atoms with Crippen LogP contribution in [-0.2, 0) is 0 Å². The second-order valence-corrected chi connectivity index (χ2v) is 4.20. The van der Waals surface area contributed by atoms with Gasteiger partial charge in [0.15, 0.2) is 11.5 Å². The molecule has 0 saturated heterocycles. The summed E-state index contributed by atoms with van der Waals surface area (Å²) in [7, 11) is 0. The van der Waals surface area contributed by atoms with E-state index in [9.17, 15) is 4.39 Å². The Bertz CT molecular complexity index is 671. The molecule has 2 nitrogen and oxygen atoms in total. The zero-order valence-electron chi connectivity index (χ0n) is 10.2. The van der Waals surface area contributed by atoms with Gasteiger partial charge in [-0.15, -0.1) is 6.42 Å². The highest BCUT2D eigenvalue weighted by Crippen LogP contribution is 2.34. The summed E-state index contributed by atoms with van der Waals surface area (Å²) in [6.07, 6.45) is 5.27. The van der Waals surface area contributed by atoms with E-state index in [0.29, 0.717) is 19.0 Å². The normalized spacial score (nSPS) is 12.8. The standard InChI is InChI=1S/C16H11FO2/c1-2-11-9-12(3-5-14(11)17)13-4-6-15-16(10-13)19-8-7-18-15/h1,3-6,9-10H,7-8H2. The highest BCUT2D eigenvalue weighted by molar-refractivity contribution is 5.69. The Balaban J connectivity index is 2.05.